The van der Waals surface area contributed by atoms with Crippen molar-refractivity contribution < 1.29 is 9.90 Å². The summed E-state index contributed by atoms with van der Waals surface area (Å²) < 4.78 is 0. The second-order valence-electron chi connectivity index (χ2n) is 3.03. The van der Waals surface area contributed by atoms with Crippen LogP contribution in [0.4, 0.5) is 5.82 Å². The van der Waals surface area contributed by atoms with Crippen molar-refractivity contribution >= 4 is 22.7 Å². The molecule has 0 fully saturated rings. The van der Waals surface area contributed by atoms with Gasteiger partial charge in [0.2, 0.25) is 0 Å². The molecule has 0 aliphatic heterocycles. The lowest BCUT2D eigenvalue weighted by Gasteiger charge is -2.05. The molecule has 2 aromatic rings. The van der Waals surface area contributed by atoms with E-state index < -0.39 is 5.97 Å². The monoisotopic (exact) mass is 203 g/mol. The first-order valence-electron chi connectivity index (χ1n) is 4.32. The van der Waals surface area contributed by atoms with Crippen LogP contribution >= 0.6 is 0 Å². The molecule has 1 aromatic heterocycles. The topological polar surface area (TPSA) is 88.2 Å². The molecule has 0 bridgehead atoms. The summed E-state index contributed by atoms with van der Waals surface area (Å²) in [6, 6.07) is 8.79. The van der Waals surface area contributed by atoms with Gasteiger partial charge in [0, 0.05) is 5.39 Å². The van der Waals surface area contributed by atoms with Gasteiger partial charge in [-0.3, -0.25) is 0 Å². The van der Waals surface area contributed by atoms with Crippen LogP contribution in [0.25, 0.3) is 10.9 Å². The second-order valence-corrected chi connectivity index (χ2v) is 3.03. The fraction of sp³-hybridized carbons (Fsp3) is 0. The maximum Gasteiger partial charge on any atom is 0.339 e. The zero-order chi connectivity index (χ0) is 10.8. The van der Waals surface area contributed by atoms with Crippen molar-refractivity contribution in [1.82, 2.24) is 4.98 Å². The van der Waals surface area contributed by atoms with Crippen molar-refractivity contribution in [2.24, 2.45) is 5.84 Å². The first-order chi connectivity index (χ1) is 7.22. The first kappa shape index (κ1) is 9.42. The highest BCUT2D eigenvalue weighted by atomic mass is 16.4. The van der Waals surface area contributed by atoms with Gasteiger partial charge in [0.1, 0.15) is 5.56 Å². The minimum absolute atomic E-state index is 0.0659. The van der Waals surface area contributed by atoms with E-state index >= 15 is 0 Å². The molecule has 5 heteroatoms. The summed E-state index contributed by atoms with van der Waals surface area (Å²) in [6.07, 6.45) is 0. The number of para-hydroxylation sites is 1. The van der Waals surface area contributed by atoms with Crippen molar-refractivity contribution in [1.29, 1.82) is 0 Å². The minimum atomic E-state index is -1.05. The van der Waals surface area contributed by atoms with Gasteiger partial charge in [-0.05, 0) is 12.1 Å². The van der Waals surface area contributed by atoms with Crippen molar-refractivity contribution in [2.75, 3.05) is 5.43 Å². The number of rotatable bonds is 2. The summed E-state index contributed by atoms with van der Waals surface area (Å²) in [5.74, 6) is 4.32. The molecule has 0 radical (unpaired) electrons. The fourth-order valence-corrected chi connectivity index (χ4v) is 1.39. The standard InChI is InChI=1S/C10H9N3O2/c11-13-9-7(10(14)15)5-6-3-1-2-4-8(6)12-9/h1-5H,11H2,(H,12,13)(H,14,15). The molecular weight excluding hydrogens is 194 g/mol. The van der Waals surface area contributed by atoms with E-state index in [1.807, 2.05) is 12.1 Å². The van der Waals surface area contributed by atoms with Crippen LogP contribution in [0.2, 0.25) is 0 Å². The van der Waals surface area contributed by atoms with Crippen molar-refractivity contribution in [3.8, 4) is 0 Å². The molecule has 0 spiro atoms. The van der Waals surface area contributed by atoms with Gasteiger partial charge in [-0.1, -0.05) is 18.2 Å². The number of carbonyl (C=O) groups is 1. The SMILES string of the molecule is NNc1nc2ccccc2cc1C(=O)O. The summed E-state index contributed by atoms with van der Waals surface area (Å²) in [7, 11) is 0. The number of nitrogen functional groups attached to an aromatic ring is 1. The Balaban J connectivity index is 2.74. The Morgan fingerprint density at radius 1 is 1.40 bits per heavy atom. The second kappa shape index (κ2) is 3.55. The Bertz CT molecular complexity index is 525. The van der Waals surface area contributed by atoms with E-state index in [0.29, 0.717) is 5.52 Å². The normalized spacial score (nSPS) is 10.2. The highest BCUT2D eigenvalue weighted by Crippen LogP contribution is 2.19. The van der Waals surface area contributed by atoms with E-state index in [4.69, 9.17) is 10.9 Å². The number of pyridine rings is 1. The molecule has 2 rings (SSSR count). The number of hydrogen-bond acceptors (Lipinski definition) is 4. The van der Waals surface area contributed by atoms with Crippen molar-refractivity contribution in [3.63, 3.8) is 0 Å². The molecule has 0 unspecified atom stereocenters. The summed E-state index contributed by atoms with van der Waals surface area (Å²) in [5, 5.41) is 9.69. The van der Waals surface area contributed by atoms with Gasteiger partial charge in [0.15, 0.2) is 5.82 Å². The molecule has 4 N–H and O–H groups in total. The van der Waals surface area contributed by atoms with Gasteiger partial charge in [0.25, 0.3) is 0 Å². The van der Waals surface area contributed by atoms with Crippen molar-refractivity contribution in [3.05, 3.63) is 35.9 Å². The van der Waals surface area contributed by atoms with E-state index in [-0.39, 0.29) is 11.4 Å². The number of aromatic nitrogens is 1. The Morgan fingerprint density at radius 3 is 2.80 bits per heavy atom. The third-order valence-corrected chi connectivity index (χ3v) is 2.09. The largest absolute Gasteiger partial charge is 0.478 e. The number of fused-ring (bicyclic) bond motifs is 1. The van der Waals surface area contributed by atoms with E-state index in [2.05, 4.69) is 10.4 Å². The zero-order valence-corrected chi connectivity index (χ0v) is 7.77. The summed E-state index contributed by atoms with van der Waals surface area (Å²) in [6.45, 7) is 0. The highest BCUT2D eigenvalue weighted by molar-refractivity contribution is 5.97. The Labute approximate surface area is 85.5 Å². The number of carboxylic acid groups (broad SMARTS) is 1. The van der Waals surface area contributed by atoms with Crippen LogP contribution in [0.15, 0.2) is 30.3 Å². The van der Waals surface area contributed by atoms with Gasteiger partial charge in [-0.2, -0.15) is 0 Å². The van der Waals surface area contributed by atoms with Gasteiger partial charge < -0.3 is 10.5 Å². The number of hydrazine groups is 1. The molecule has 5 nitrogen and oxygen atoms in total. The lowest BCUT2D eigenvalue weighted by atomic mass is 10.1. The number of hydrogen-bond donors (Lipinski definition) is 3. The zero-order valence-electron chi connectivity index (χ0n) is 7.77. The fourth-order valence-electron chi connectivity index (χ4n) is 1.39. The third-order valence-electron chi connectivity index (χ3n) is 2.09. The summed E-state index contributed by atoms with van der Waals surface area (Å²) in [5.41, 5.74) is 3.05. The lowest BCUT2D eigenvalue weighted by molar-refractivity contribution is 0.0698. The Kier molecular flexibility index (Phi) is 2.23. The predicted molar refractivity (Wildman–Crippen MR) is 56.5 cm³/mol. The van der Waals surface area contributed by atoms with Crippen LogP contribution in [0.1, 0.15) is 10.4 Å². The Morgan fingerprint density at radius 2 is 2.13 bits per heavy atom. The lowest BCUT2D eigenvalue weighted by Crippen LogP contribution is -2.13. The summed E-state index contributed by atoms with van der Waals surface area (Å²) in [4.78, 5) is 15.0. The quantitative estimate of drug-likeness (QED) is 0.504. The molecule has 0 saturated carbocycles. The molecule has 0 atom stereocenters. The average molecular weight is 203 g/mol. The maximum atomic E-state index is 10.9. The van der Waals surface area contributed by atoms with Crippen LogP contribution in [-0.4, -0.2) is 16.1 Å². The molecule has 1 heterocycles. The van der Waals surface area contributed by atoms with Crippen LogP contribution in [-0.2, 0) is 0 Å². The molecule has 0 aliphatic carbocycles. The molecular formula is C10H9N3O2. The maximum absolute atomic E-state index is 10.9. The number of carboxylic acids is 1. The van der Waals surface area contributed by atoms with Gasteiger partial charge in [-0.15, -0.1) is 0 Å². The van der Waals surface area contributed by atoms with Crippen molar-refractivity contribution in [2.45, 2.75) is 0 Å². The molecule has 1 aromatic carbocycles. The number of anilines is 1. The van der Waals surface area contributed by atoms with E-state index in [1.54, 1.807) is 18.2 Å². The number of benzene rings is 1. The smallest absolute Gasteiger partial charge is 0.339 e. The van der Waals surface area contributed by atoms with Gasteiger partial charge >= 0.3 is 5.97 Å². The first-order valence-corrected chi connectivity index (χ1v) is 4.32. The minimum Gasteiger partial charge on any atom is -0.478 e. The molecule has 0 amide bonds. The summed E-state index contributed by atoms with van der Waals surface area (Å²) >= 11 is 0. The number of aromatic carboxylic acids is 1. The van der Waals surface area contributed by atoms with E-state index in [1.165, 1.54) is 0 Å². The van der Waals surface area contributed by atoms with E-state index in [0.717, 1.165) is 5.39 Å². The number of nitrogens with two attached hydrogens (primary N) is 1. The Hall–Kier alpha value is -2.14. The molecule has 0 aliphatic rings. The average Bonchev–Trinajstić information content (AvgIpc) is 2.27. The molecule has 0 saturated heterocycles. The van der Waals surface area contributed by atoms with Crippen LogP contribution in [0, 0.1) is 0 Å². The van der Waals surface area contributed by atoms with Crippen LogP contribution < -0.4 is 11.3 Å². The van der Waals surface area contributed by atoms with Gasteiger partial charge in [-0.25, -0.2) is 15.6 Å². The highest BCUT2D eigenvalue weighted by Gasteiger charge is 2.11. The number of nitrogens with one attached hydrogen (secondary N) is 1. The molecule has 76 valence electrons. The number of nitrogens with zero attached hydrogens (tertiary/aromatic N) is 1. The predicted octanol–water partition coefficient (Wildman–Crippen LogP) is 1.22. The van der Waals surface area contributed by atoms with Crippen LogP contribution in [0.3, 0.4) is 0 Å². The third kappa shape index (κ3) is 1.60. The van der Waals surface area contributed by atoms with Gasteiger partial charge in [0.05, 0.1) is 5.52 Å². The molecule has 15 heavy (non-hydrogen) atoms. The van der Waals surface area contributed by atoms with E-state index in [9.17, 15) is 4.79 Å². The van der Waals surface area contributed by atoms with Crippen LogP contribution in [0.5, 0.6) is 0 Å².